The third kappa shape index (κ3) is 5.52. The van der Waals surface area contributed by atoms with E-state index in [9.17, 15) is 4.79 Å². The molecule has 0 spiro atoms. The van der Waals surface area contributed by atoms with Crippen LogP contribution in [0.2, 0.25) is 0 Å². The van der Waals surface area contributed by atoms with Gasteiger partial charge < -0.3 is 25.0 Å². The number of aromatic nitrogens is 3. The Morgan fingerprint density at radius 2 is 1.87 bits per heavy atom. The van der Waals surface area contributed by atoms with Gasteiger partial charge in [0.1, 0.15) is 11.6 Å². The molecule has 38 heavy (non-hydrogen) atoms. The van der Waals surface area contributed by atoms with Crippen LogP contribution in [-0.2, 0) is 4.74 Å². The van der Waals surface area contributed by atoms with Crippen molar-refractivity contribution in [3.8, 4) is 16.9 Å². The number of anilines is 3. The average Bonchev–Trinajstić information content (AvgIpc) is 2.93. The number of benzene rings is 2. The van der Waals surface area contributed by atoms with Crippen molar-refractivity contribution in [2.24, 2.45) is 0 Å². The Morgan fingerprint density at radius 1 is 1.05 bits per heavy atom. The first-order chi connectivity index (χ1) is 18.4. The number of hydrogen-bond acceptors (Lipinski definition) is 8. The van der Waals surface area contributed by atoms with E-state index in [1.54, 1.807) is 19.4 Å². The van der Waals surface area contributed by atoms with Gasteiger partial charge in [0, 0.05) is 59.8 Å². The zero-order chi connectivity index (χ0) is 26.6. The fourth-order valence-electron chi connectivity index (χ4n) is 4.49. The van der Waals surface area contributed by atoms with Crippen molar-refractivity contribution in [3.63, 3.8) is 0 Å². The van der Waals surface area contributed by atoms with E-state index in [-0.39, 0.29) is 11.9 Å². The van der Waals surface area contributed by atoms with Gasteiger partial charge in [0.2, 0.25) is 5.95 Å². The largest absolute Gasteiger partial charge is 0.496 e. The number of nitrogens with zero attached hydrogens (tertiary/aromatic N) is 4. The summed E-state index contributed by atoms with van der Waals surface area (Å²) in [7, 11) is 1.65. The lowest BCUT2D eigenvalue weighted by Crippen LogP contribution is -2.36. The number of carbonyl (C=O) groups is 1. The van der Waals surface area contributed by atoms with Gasteiger partial charge in [0.05, 0.1) is 25.8 Å². The number of methoxy groups -OCH3 is 1. The second-order valence-corrected chi connectivity index (χ2v) is 9.59. The van der Waals surface area contributed by atoms with E-state index in [4.69, 9.17) is 9.47 Å². The minimum Gasteiger partial charge on any atom is -0.496 e. The van der Waals surface area contributed by atoms with Crippen molar-refractivity contribution < 1.29 is 14.3 Å². The number of rotatable bonds is 7. The van der Waals surface area contributed by atoms with E-state index in [0.717, 1.165) is 46.5 Å². The van der Waals surface area contributed by atoms with Gasteiger partial charge >= 0.3 is 0 Å². The highest BCUT2D eigenvalue weighted by Gasteiger charge is 2.17. The highest BCUT2D eigenvalue weighted by molar-refractivity contribution is 6.05. The zero-order valence-electron chi connectivity index (χ0n) is 22.1. The molecule has 0 bridgehead atoms. The maximum Gasteiger partial charge on any atom is 0.255 e. The molecule has 1 aliphatic rings. The molecule has 9 nitrogen and oxygen atoms in total. The molecule has 2 aromatic heterocycles. The highest BCUT2D eigenvalue weighted by atomic mass is 16.5. The third-order valence-corrected chi connectivity index (χ3v) is 6.45. The zero-order valence-corrected chi connectivity index (χ0v) is 22.1. The van der Waals surface area contributed by atoms with Crippen molar-refractivity contribution in [2.45, 2.75) is 26.8 Å². The second kappa shape index (κ2) is 11.0. The van der Waals surface area contributed by atoms with Gasteiger partial charge in [-0.05, 0) is 62.2 Å². The van der Waals surface area contributed by atoms with Crippen molar-refractivity contribution >= 4 is 34.3 Å². The number of hydrogen-bond donors (Lipinski definition) is 2. The van der Waals surface area contributed by atoms with Crippen LogP contribution in [0.15, 0.2) is 54.9 Å². The van der Waals surface area contributed by atoms with Crippen molar-refractivity contribution in [2.75, 3.05) is 48.9 Å². The highest BCUT2D eigenvalue weighted by Crippen LogP contribution is 2.37. The molecular formula is C29H32N6O3. The molecule has 0 radical (unpaired) electrons. The monoisotopic (exact) mass is 512 g/mol. The summed E-state index contributed by atoms with van der Waals surface area (Å²) in [5.41, 5.74) is 4.94. The van der Waals surface area contributed by atoms with Crippen LogP contribution in [0.25, 0.3) is 22.0 Å². The Kier molecular flexibility index (Phi) is 7.37. The summed E-state index contributed by atoms with van der Waals surface area (Å²) < 4.78 is 11.2. The average molecular weight is 513 g/mol. The van der Waals surface area contributed by atoms with Crippen LogP contribution in [0.3, 0.4) is 0 Å². The summed E-state index contributed by atoms with van der Waals surface area (Å²) in [6, 6.07) is 13.6. The number of amides is 1. The molecule has 1 fully saturated rings. The van der Waals surface area contributed by atoms with E-state index in [1.165, 1.54) is 0 Å². The molecule has 1 saturated heterocycles. The first kappa shape index (κ1) is 25.4. The van der Waals surface area contributed by atoms with Crippen molar-refractivity contribution in [1.29, 1.82) is 0 Å². The summed E-state index contributed by atoms with van der Waals surface area (Å²) in [6.07, 6.45) is 3.48. The number of aryl methyl sites for hydroxylation is 1. The lowest BCUT2D eigenvalue weighted by molar-refractivity contribution is 0.102. The van der Waals surface area contributed by atoms with E-state index in [2.05, 4.69) is 30.5 Å². The SMILES string of the molecule is COc1cc2nc(NC(C)C)ncc2cc1-c1cc(NC(=O)c2ccnc(N3CCOCC3)c2)ccc1C. The predicted octanol–water partition coefficient (Wildman–Crippen LogP) is 4.92. The standard InChI is InChI=1S/C29H32N6O3/c1-18(2)32-29-31-17-21-13-24(26(37-4)16-25(21)34-29)23-15-22(6-5-19(23)3)33-28(36)20-7-8-30-27(14-20)35-9-11-38-12-10-35/h5-8,13-18H,9-12H2,1-4H3,(H,33,36)(H,31,32,34). The second-order valence-electron chi connectivity index (χ2n) is 9.59. The maximum atomic E-state index is 13.2. The van der Waals surface area contributed by atoms with E-state index >= 15 is 0 Å². The first-order valence-electron chi connectivity index (χ1n) is 12.7. The summed E-state index contributed by atoms with van der Waals surface area (Å²) in [5, 5.41) is 7.18. The van der Waals surface area contributed by atoms with Gasteiger partial charge in [-0.15, -0.1) is 0 Å². The fraction of sp³-hybridized carbons (Fsp3) is 0.310. The number of nitrogens with one attached hydrogen (secondary N) is 2. The number of ether oxygens (including phenoxy) is 2. The number of pyridine rings is 1. The molecule has 2 aromatic carbocycles. The summed E-state index contributed by atoms with van der Waals surface area (Å²) >= 11 is 0. The van der Waals surface area contributed by atoms with Gasteiger partial charge in [0.15, 0.2) is 0 Å². The maximum absolute atomic E-state index is 13.2. The molecule has 3 heterocycles. The molecule has 2 N–H and O–H groups in total. The molecular weight excluding hydrogens is 480 g/mol. The number of fused-ring (bicyclic) bond motifs is 1. The van der Waals surface area contributed by atoms with Crippen molar-refractivity contribution in [3.05, 3.63) is 66.0 Å². The van der Waals surface area contributed by atoms with Crippen LogP contribution >= 0.6 is 0 Å². The van der Waals surface area contributed by atoms with Crippen LogP contribution < -0.4 is 20.3 Å². The fourth-order valence-corrected chi connectivity index (χ4v) is 4.49. The molecule has 0 unspecified atom stereocenters. The number of carbonyl (C=O) groups excluding carboxylic acids is 1. The van der Waals surface area contributed by atoms with Crippen LogP contribution in [0.4, 0.5) is 17.5 Å². The minimum absolute atomic E-state index is 0.194. The molecule has 0 aliphatic carbocycles. The molecule has 1 aliphatic heterocycles. The minimum atomic E-state index is -0.194. The van der Waals surface area contributed by atoms with Crippen LogP contribution in [-0.4, -0.2) is 60.3 Å². The van der Waals surface area contributed by atoms with Crippen LogP contribution in [0.1, 0.15) is 29.8 Å². The van der Waals surface area contributed by atoms with E-state index in [1.807, 2.05) is 63.4 Å². The summed E-state index contributed by atoms with van der Waals surface area (Å²) in [5.74, 6) is 1.86. The Labute approximate surface area is 222 Å². The first-order valence-corrected chi connectivity index (χ1v) is 12.7. The van der Waals surface area contributed by atoms with Gasteiger partial charge in [-0.2, -0.15) is 0 Å². The molecule has 5 rings (SSSR count). The predicted molar refractivity (Wildman–Crippen MR) is 150 cm³/mol. The van der Waals surface area contributed by atoms with Gasteiger partial charge in [-0.1, -0.05) is 6.07 Å². The Bertz CT molecular complexity index is 1470. The van der Waals surface area contributed by atoms with Gasteiger partial charge in [0.25, 0.3) is 5.91 Å². The smallest absolute Gasteiger partial charge is 0.255 e. The molecule has 0 saturated carbocycles. The molecule has 9 heteroatoms. The molecule has 1 amide bonds. The molecule has 0 atom stereocenters. The van der Waals surface area contributed by atoms with Gasteiger partial charge in [-0.25, -0.2) is 15.0 Å². The number of morpholine rings is 1. The lowest BCUT2D eigenvalue weighted by atomic mass is 9.97. The van der Waals surface area contributed by atoms with Crippen LogP contribution in [0, 0.1) is 6.92 Å². The Morgan fingerprint density at radius 3 is 2.63 bits per heavy atom. The van der Waals surface area contributed by atoms with E-state index in [0.29, 0.717) is 36.2 Å². The van der Waals surface area contributed by atoms with E-state index < -0.39 is 0 Å². The molecule has 196 valence electrons. The van der Waals surface area contributed by atoms with Gasteiger partial charge in [-0.3, -0.25) is 4.79 Å². The van der Waals surface area contributed by atoms with Crippen LogP contribution in [0.5, 0.6) is 5.75 Å². The summed E-state index contributed by atoms with van der Waals surface area (Å²) in [4.78, 5) is 28.8. The lowest BCUT2D eigenvalue weighted by Gasteiger charge is -2.27. The summed E-state index contributed by atoms with van der Waals surface area (Å²) in [6.45, 7) is 8.96. The van der Waals surface area contributed by atoms with Crippen molar-refractivity contribution in [1.82, 2.24) is 15.0 Å². The third-order valence-electron chi connectivity index (χ3n) is 6.45. The molecule has 4 aromatic rings. The normalized spacial score (nSPS) is 13.6. The Balaban J connectivity index is 1.43. The quantitative estimate of drug-likeness (QED) is 0.360. The Hall–Kier alpha value is -4.24. The topological polar surface area (TPSA) is 102 Å².